The average molecular weight is 397 g/mol. The summed E-state index contributed by atoms with van der Waals surface area (Å²) < 4.78 is 52.2. The molecule has 1 saturated carbocycles. The number of sulfone groups is 1. The van der Waals surface area contributed by atoms with Crippen molar-refractivity contribution in [2.24, 2.45) is 5.73 Å². The summed E-state index contributed by atoms with van der Waals surface area (Å²) in [6.07, 6.45) is 4.35. The van der Waals surface area contributed by atoms with E-state index < -0.39 is 25.4 Å². The standard InChI is InChI=1S/C15H24N2O4S2.ClH/c1-11-8-13(22(3,18)19)12(2)14(9-11)23(20,21)17-15(10-16)6-4-5-7-15;/h8-9,17H,4-7,10,16H2,1-3H3;1H. The normalized spacial score (nSPS) is 17.5. The molecule has 0 spiro atoms. The molecule has 138 valence electrons. The first kappa shape index (κ1) is 21.4. The molecule has 24 heavy (non-hydrogen) atoms. The fourth-order valence-corrected chi connectivity index (χ4v) is 6.15. The summed E-state index contributed by atoms with van der Waals surface area (Å²) in [5, 5.41) is 0. The van der Waals surface area contributed by atoms with Gasteiger partial charge in [-0.1, -0.05) is 12.8 Å². The van der Waals surface area contributed by atoms with Crippen molar-refractivity contribution in [2.45, 2.75) is 54.9 Å². The molecular formula is C15H25ClN2O4S2. The summed E-state index contributed by atoms with van der Waals surface area (Å²) in [5.41, 5.74) is 6.01. The number of hydrogen-bond acceptors (Lipinski definition) is 5. The topological polar surface area (TPSA) is 106 Å². The van der Waals surface area contributed by atoms with E-state index in [-0.39, 0.29) is 34.3 Å². The van der Waals surface area contributed by atoms with Crippen molar-refractivity contribution in [1.82, 2.24) is 4.72 Å². The molecule has 1 aliphatic rings. The third-order valence-electron chi connectivity index (χ3n) is 4.45. The summed E-state index contributed by atoms with van der Waals surface area (Å²) in [5.74, 6) is 0. The number of rotatable bonds is 5. The fourth-order valence-electron chi connectivity index (χ4n) is 3.20. The Bertz CT molecular complexity index is 814. The molecule has 0 atom stereocenters. The molecule has 0 amide bonds. The summed E-state index contributed by atoms with van der Waals surface area (Å²) in [6, 6.07) is 3.00. The smallest absolute Gasteiger partial charge is 0.241 e. The van der Waals surface area contributed by atoms with Gasteiger partial charge >= 0.3 is 0 Å². The lowest BCUT2D eigenvalue weighted by Gasteiger charge is -2.29. The van der Waals surface area contributed by atoms with E-state index in [0.717, 1.165) is 19.1 Å². The predicted octanol–water partition coefficient (Wildman–Crippen LogP) is 1.68. The molecule has 3 N–H and O–H groups in total. The number of nitrogens with one attached hydrogen (secondary N) is 1. The quantitative estimate of drug-likeness (QED) is 0.787. The first-order valence-electron chi connectivity index (χ1n) is 7.56. The minimum Gasteiger partial charge on any atom is -0.329 e. The third kappa shape index (κ3) is 4.29. The summed E-state index contributed by atoms with van der Waals surface area (Å²) >= 11 is 0. The Morgan fingerprint density at radius 1 is 1.08 bits per heavy atom. The van der Waals surface area contributed by atoms with Crippen molar-refractivity contribution in [3.63, 3.8) is 0 Å². The molecule has 2 rings (SSSR count). The highest BCUT2D eigenvalue weighted by atomic mass is 35.5. The van der Waals surface area contributed by atoms with Gasteiger partial charge in [-0.2, -0.15) is 0 Å². The molecule has 0 heterocycles. The number of nitrogens with two attached hydrogens (primary N) is 1. The molecular weight excluding hydrogens is 372 g/mol. The Morgan fingerprint density at radius 2 is 1.58 bits per heavy atom. The number of hydrogen-bond donors (Lipinski definition) is 2. The SMILES string of the molecule is Cc1cc(S(C)(=O)=O)c(C)c(S(=O)(=O)NC2(CN)CCCC2)c1.Cl. The zero-order valence-electron chi connectivity index (χ0n) is 14.1. The molecule has 0 unspecified atom stereocenters. The van der Waals surface area contributed by atoms with E-state index in [0.29, 0.717) is 18.4 Å². The summed E-state index contributed by atoms with van der Waals surface area (Å²) in [6.45, 7) is 3.44. The lowest BCUT2D eigenvalue weighted by Crippen LogP contribution is -2.51. The third-order valence-corrected chi connectivity index (χ3v) is 7.38. The molecule has 9 heteroatoms. The van der Waals surface area contributed by atoms with Gasteiger partial charge in [0.15, 0.2) is 9.84 Å². The van der Waals surface area contributed by atoms with Crippen LogP contribution in [0.4, 0.5) is 0 Å². The zero-order valence-corrected chi connectivity index (χ0v) is 16.6. The van der Waals surface area contributed by atoms with E-state index in [2.05, 4.69) is 4.72 Å². The number of benzene rings is 1. The van der Waals surface area contributed by atoms with Crippen LogP contribution in [0.1, 0.15) is 36.8 Å². The molecule has 0 saturated heterocycles. The molecule has 1 aromatic rings. The van der Waals surface area contributed by atoms with Crippen LogP contribution in [0.2, 0.25) is 0 Å². The van der Waals surface area contributed by atoms with Gasteiger partial charge in [0.25, 0.3) is 0 Å². The van der Waals surface area contributed by atoms with Crippen molar-refractivity contribution >= 4 is 32.3 Å². The molecule has 1 aliphatic carbocycles. The fraction of sp³-hybridized carbons (Fsp3) is 0.600. The minimum absolute atomic E-state index is 0. The van der Waals surface area contributed by atoms with E-state index in [9.17, 15) is 16.8 Å². The van der Waals surface area contributed by atoms with Crippen molar-refractivity contribution in [2.75, 3.05) is 12.8 Å². The molecule has 6 nitrogen and oxygen atoms in total. The molecule has 0 radical (unpaired) electrons. The van der Waals surface area contributed by atoms with Crippen LogP contribution in [0.3, 0.4) is 0 Å². The van der Waals surface area contributed by atoms with Crippen LogP contribution in [0.25, 0.3) is 0 Å². The second-order valence-electron chi connectivity index (χ2n) is 6.46. The lowest BCUT2D eigenvalue weighted by atomic mass is 10.0. The maximum absolute atomic E-state index is 12.8. The van der Waals surface area contributed by atoms with Gasteiger partial charge in [-0.05, 0) is 49.9 Å². The van der Waals surface area contributed by atoms with Gasteiger partial charge in [0, 0.05) is 18.3 Å². The maximum Gasteiger partial charge on any atom is 0.241 e. The lowest BCUT2D eigenvalue weighted by molar-refractivity contribution is 0.399. The first-order valence-corrected chi connectivity index (χ1v) is 10.9. The van der Waals surface area contributed by atoms with Crippen molar-refractivity contribution in [3.8, 4) is 0 Å². The monoisotopic (exact) mass is 396 g/mol. The highest BCUT2D eigenvalue weighted by Gasteiger charge is 2.37. The van der Waals surface area contributed by atoms with Crippen LogP contribution in [0.15, 0.2) is 21.9 Å². The van der Waals surface area contributed by atoms with E-state index in [1.165, 1.54) is 19.1 Å². The van der Waals surface area contributed by atoms with Crippen LogP contribution in [0, 0.1) is 13.8 Å². The van der Waals surface area contributed by atoms with Gasteiger partial charge in [-0.3, -0.25) is 0 Å². The van der Waals surface area contributed by atoms with E-state index >= 15 is 0 Å². The van der Waals surface area contributed by atoms with Crippen LogP contribution >= 0.6 is 12.4 Å². The van der Waals surface area contributed by atoms with Crippen LogP contribution < -0.4 is 10.5 Å². The largest absolute Gasteiger partial charge is 0.329 e. The second kappa shape index (κ2) is 7.29. The molecule has 0 aliphatic heterocycles. The van der Waals surface area contributed by atoms with Crippen molar-refractivity contribution in [3.05, 3.63) is 23.3 Å². The van der Waals surface area contributed by atoms with Crippen molar-refractivity contribution in [1.29, 1.82) is 0 Å². The van der Waals surface area contributed by atoms with Crippen molar-refractivity contribution < 1.29 is 16.8 Å². The Hall–Kier alpha value is -0.670. The average Bonchev–Trinajstić information content (AvgIpc) is 2.88. The number of sulfonamides is 1. The van der Waals surface area contributed by atoms with Gasteiger partial charge in [0.2, 0.25) is 10.0 Å². The Morgan fingerprint density at radius 3 is 2.04 bits per heavy atom. The molecule has 0 bridgehead atoms. The highest BCUT2D eigenvalue weighted by Crippen LogP contribution is 2.32. The Kier molecular flexibility index (Phi) is 6.49. The number of halogens is 1. The van der Waals surface area contributed by atoms with Gasteiger partial charge in [0.1, 0.15) is 0 Å². The van der Waals surface area contributed by atoms with E-state index in [1.54, 1.807) is 6.92 Å². The Balaban J connectivity index is 0.00000288. The van der Waals surface area contributed by atoms with E-state index in [4.69, 9.17) is 5.73 Å². The molecule has 1 aromatic carbocycles. The minimum atomic E-state index is -3.84. The number of aryl methyl sites for hydroxylation is 1. The Labute approximate surface area is 150 Å². The second-order valence-corrected chi connectivity index (χ2v) is 10.1. The first-order chi connectivity index (χ1) is 10.5. The van der Waals surface area contributed by atoms with Gasteiger partial charge in [-0.15, -0.1) is 12.4 Å². The van der Waals surface area contributed by atoms with Crippen LogP contribution in [0.5, 0.6) is 0 Å². The van der Waals surface area contributed by atoms with Gasteiger partial charge in [0.05, 0.1) is 9.79 Å². The zero-order chi connectivity index (χ0) is 17.5. The maximum atomic E-state index is 12.8. The van der Waals surface area contributed by atoms with Gasteiger partial charge in [-0.25, -0.2) is 21.6 Å². The van der Waals surface area contributed by atoms with Crippen LogP contribution in [-0.4, -0.2) is 35.2 Å². The summed E-state index contributed by atoms with van der Waals surface area (Å²) in [7, 11) is -7.35. The van der Waals surface area contributed by atoms with Crippen LogP contribution in [-0.2, 0) is 19.9 Å². The summed E-state index contributed by atoms with van der Waals surface area (Å²) in [4.78, 5) is 0.0590. The van der Waals surface area contributed by atoms with E-state index in [1.807, 2.05) is 0 Å². The molecule has 0 aromatic heterocycles. The molecule has 1 fully saturated rings. The van der Waals surface area contributed by atoms with Gasteiger partial charge < -0.3 is 5.73 Å². The predicted molar refractivity (Wildman–Crippen MR) is 96.8 cm³/mol. The highest BCUT2D eigenvalue weighted by molar-refractivity contribution is 7.91.